The summed E-state index contributed by atoms with van der Waals surface area (Å²) in [5, 5.41) is 0.880. The third-order valence-corrected chi connectivity index (χ3v) is 5.91. The van der Waals surface area contributed by atoms with Gasteiger partial charge in [-0.25, -0.2) is 0 Å². The molecule has 3 aromatic rings. The van der Waals surface area contributed by atoms with Gasteiger partial charge in [0.1, 0.15) is 0 Å². The maximum Gasteiger partial charge on any atom is 0.0449 e. The van der Waals surface area contributed by atoms with Crippen molar-refractivity contribution in [3.8, 4) is 11.1 Å². The van der Waals surface area contributed by atoms with E-state index in [0.717, 1.165) is 11.4 Å². The van der Waals surface area contributed by atoms with Crippen LogP contribution in [0.1, 0.15) is 12.0 Å². The van der Waals surface area contributed by atoms with Crippen molar-refractivity contribution in [1.82, 2.24) is 0 Å². The van der Waals surface area contributed by atoms with Crippen molar-refractivity contribution in [2.24, 2.45) is 0 Å². The van der Waals surface area contributed by atoms with Crippen molar-refractivity contribution in [3.63, 3.8) is 0 Å². The normalized spacial score (nSPS) is 10.8. The lowest BCUT2D eigenvalue weighted by Crippen LogP contribution is -1.88. The van der Waals surface area contributed by atoms with E-state index in [1.807, 2.05) is 6.07 Å². The maximum atomic E-state index is 6.42. The molecule has 3 heteroatoms. The molecule has 0 unspecified atom stereocenters. The summed E-state index contributed by atoms with van der Waals surface area (Å²) in [6, 6.07) is 25.6. The molecule has 0 aliphatic carbocycles. The van der Waals surface area contributed by atoms with Crippen LogP contribution >= 0.6 is 46.0 Å². The van der Waals surface area contributed by atoms with Crippen molar-refractivity contribution in [2.75, 3.05) is 4.43 Å². The molecule has 3 aromatic carbocycles. The standard InChI is InChI=1S/C21H18ClIS/c22-21-15-20(13-10-18(21)7-4-14-23)24-19-11-8-17(9-12-19)16-5-2-1-3-6-16/h1-3,5-6,8-13,15H,4,7,14H2. The lowest BCUT2D eigenvalue weighted by atomic mass is 10.1. The van der Waals surface area contributed by atoms with Crippen LogP contribution in [0.25, 0.3) is 11.1 Å². The van der Waals surface area contributed by atoms with Gasteiger partial charge in [-0.15, -0.1) is 0 Å². The van der Waals surface area contributed by atoms with Gasteiger partial charge in [-0.2, -0.15) is 0 Å². The Bertz CT molecular complexity index is 785. The first kappa shape index (κ1) is 17.8. The zero-order valence-corrected chi connectivity index (χ0v) is 16.9. The molecular weight excluding hydrogens is 447 g/mol. The molecule has 0 aliphatic rings. The number of aryl methyl sites for hydroxylation is 1. The molecule has 0 heterocycles. The number of rotatable bonds is 6. The van der Waals surface area contributed by atoms with Gasteiger partial charge < -0.3 is 0 Å². The van der Waals surface area contributed by atoms with Gasteiger partial charge in [-0.3, -0.25) is 0 Å². The number of alkyl halides is 1. The van der Waals surface area contributed by atoms with Crippen LogP contribution in [-0.4, -0.2) is 4.43 Å². The Morgan fingerprint density at radius 3 is 2.12 bits per heavy atom. The molecule has 0 nitrogen and oxygen atoms in total. The Hall–Kier alpha value is -0.970. The van der Waals surface area contributed by atoms with E-state index in [1.54, 1.807) is 11.8 Å². The van der Waals surface area contributed by atoms with E-state index in [4.69, 9.17) is 11.6 Å². The molecule has 0 atom stereocenters. The van der Waals surface area contributed by atoms with Crippen molar-refractivity contribution >= 4 is 46.0 Å². The summed E-state index contributed by atoms with van der Waals surface area (Å²) in [7, 11) is 0. The fourth-order valence-corrected chi connectivity index (χ4v) is 4.11. The highest BCUT2D eigenvalue weighted by Gasteiger charge is 2.04. The van der Waals surface area contributed by atoms with Crippen LogP contribution < -0.4 is 0 Å². The van der Waals surface area contributed by atoms with E-state index in [2.05, 4.69) is 89.3 Å². The van der Waals surface area contributed by atoms with E-state index in [-0.39, 0.29) is 0 Å². The quantitative estimate of drug-likeness (QED) is 0.268. The summed E-state index contributed by atoms with van der Waals surface area (Å²) in [6.45, 7) is 0. The molecule has 24 heavy (non-hydrogen) atoms. The van der Waals surface area contributed by atoms with Crippen molar-refractivity contribution in [1.29, 1.82) is 0 Å². The van der Waals surface area contributed by atoms with Gasteiger partial charge in [-0.05, 0) is 58.2 Å². The highest BCUT2D eigenvalue weighted by molar-refractivity contribution is 14.1. The average molecular weight is 465 g/mol. The van der Waals surface area contributed by atoms with Gasteiger partial charge in [0, 0.05) is 14.8 Å². The van der Waals surface area contributed by atoms with E-state index >= 15 is 0 Å². The van der Waals surface area contributed by atoms with E-state index < -0.39 is 0 Å². The second kappa shape index (κ2) is 8.93. The largest absolute Gasteiger partial charge is 0.0900 e. The molecule has 0 bridgehead atoms. The van der Waals surface area contributed by atoms with Crippen LogP contribution in [0.3, 0.4) is 0 Å². The highest BCUT2D eigenvalue weighted by Crippen LogP contribution is 2.32. The summed E-state index contributed by atoms with van der Waals surface area (Å²) < 4.78 is 1.17. The fourth-order valence-electron chi connectivity index (χ4n) is 2.53. The molecule has 122 valence electrons. The van der Waals surface area contributed by atoms with Crippen LogP contribution in [0.4, 0.5) is 0 Å². The molecule has 0 N–H and O–H groups in total. The van der Waals surface area contributed by atoms with Gasteiger partial charge in [0.25, 0.3) is 0 Å². The predicted molar refractivity (Wildman–Crippen MR) is 115 cm³/mol. The third-order valence-electron chi connectivity index (χ3n) is 3.80. The number of hydrogen-bond acceptors (Lipinski definition) is 1. The van der Waals surface area contributed by atoms with Gasteiger partial charge >= 0.3 is 0 Å². The summed E-state index contributed by atoms with van der Waals surface area (Å²) >= 11 is 10.6. The molecule has 0 radical (unpaired) electrons. The molecular formula is C21H18ClIS. The summed E-state index contributed by atoms with van der Waals surface area (Å²) in [4.78, 5) is 2.41. The number of hydrogen-bond donors (Lipinski definition) is 0. The molecule has 0 amide bonds. The second-order valence-corrected chi connectivity index (χ2v) is 8.17. The van der Waals surface area contributed by atoms with Crippen LogP contribution in [0, 0.1) is 0 Å². The first-order chi connectivity index (χ1) is 11.8. The lowest BCUT2D eigenvalue weighted by Gasteiger charge is -2.08. The zero-order chi connectivity index (χ0) is 16.8. The van der Waals surface area contributed by atoms with Crippen molar-refractivity contribution in [3.05, 3.63) is 83.4 Å². The second-order valence-electron chi connectivity index (χ2n) is 5.54. The molecule has 0 spiro atoms. The first-order valence-electron chi connectivity index (χ1n) is 7.94. The molecule has 0 aliphatic heterocycles. The SMILES string of the molecule is Clc1cc(Sc2ccc(-c3ccccc3)cc2)ccc1CCCI. The van der Waals surface area contributed by atoms with Crippen LogP contribution in [0.15, 0.2) is 82.6 Å². The van der Waals surface area contributed by atoms with Gasteiger partial charge in [0.15, 0.2) is 0 Å². The number of halogens is 2. The molecule has 0 saturated heterocycles. The Morgan fingerprint density at radius 1 is 0.792 bits per heavy atom. The Balaban J connectivity index is 1.71. The van der Waals surface area contributed by atoms with Crippen molar-refractivity contribution in [2.45, 2.75) is 22.6 Å². The minimum atomic E-state index is 0.880. The number of benzene rings is 3. The van der Waals surface area contributed by atoms with Crippen LogP contribution in [-0.2, 0) is 6.42 Å². The van der Waals surface area contributed by atoms with Gasteiger partial charge in [0.05, 0.1) is 0 Å². The van der Waals surface area contributed by atoms with E-state index in [0.29, 0.717) is 0 Å². The zero-order valence-electron chi connectivity index (χ0n) is 13.2. The average Bonchev–Trinajstić information content (AvgIpc) is 2.62. The van der Waals surface area contributed by atoms with Gasteiger partial charge in [0.2, 0.25) is 0 Å². The molecule has 0 aromatic heterocycles. The Morgan fingerprint density at radius 2 is 1.46 bits per heavy atom. The minimum absolute atomic E-state index is 0.880. The minimum Gasteiger partial charge on any atom is -0.0900 e. The first-order valence-corrected chi connectivity index (χ1v) is 10.7. The smallest absolute Gasteiger partial charge is 0.0449 e. The highest BCUT2D eigenvalue weighted by atomic mass is 127. The molecule has 0 saturated carbocycles. The third kappa shape index (κ3) is 4.78. The lowest BCUT2D eigenvalue weighted by molar-refractivity contribution is 0.944. The van der Waals surface area contributed by atoms with Crippen LogP contribution in [0.2, 0.25) is 5.02 Å². The molecule has 0 fully saturated rings. The van der Waals surface area contributed by atoms with E-state index in [9.17, 15) is 0 Å². The Labute approximate surface area is 166 Å². The summed E-state index contributed by atoms with van der Waals surface area (Å²) in [6.07, 6.45) is 2.23. The fraction of sp³-hybridized carbons (Fsp3) is 0.143. The maximum absolute atomic E-state index is 6.42. The topological polar surface area (TPSA) is 0 Å². The monoisotopic (exact) mass is 464 g/mol. The summed E-state index contributed by atoms with van der Waals surface area (Å²) in [5.74, 6) is 0. The summed E-state index contributed by atoms with van der Waals surface area (Å²) in [5.41, 5.74) is 3.74. The van der Waals surface area contributed by atoms with Crippen molar-refractivity contribution < 1.29 is 0 Å². The molecule has 3 rings (SSSR count). The van der Waals surface area contributed by atoms with E-state index in [1.165, 1.54) is 37.3 Å². The Kier molecular flexibility index (Phi) is 6.64. The van der Waals surface area contributed by atoms with Crippen LogP contribution in [0.5, 0.6) is 0 Å². The van der Waals surface area contributed by atoms with Gasteiger partial charge in [-0.1, -0.05) is 94.5 Å². The predicted octanol–water partition coefficient (Wildman–Crippen LogP) is 7.53.